The van der Waals surface area contributed by atoms with Crippen LogP contribution in [0.4, 0.5) is 0 Å². The van der Waals surface area contributed by atoms with Crippen molar-refractivity contribution in [3.8, 4) is 0 Å². The summed E-state index contributed by atoms with van der Waals surface area (Å²) in [4.78, 5) is 26.4. The van der Waals surface area contributed by atoms with Crippen LogP contribution in [0.2, 0.25) is 0 Å². The van der Waals surface area contributed by atoms with E-state index in [0.717, 1.165) is 12.0 Å². The summed E-state index contributed by atoms with van der Waals surface area (Å²) < 4.78 is 5.45. The minimum absolute atomic E-state index is 0.0107. The van der Waals surface area contributed by atoms with Gasteiger partial charge in [0.15, 0.2) is 0 Å². The summed E-state index contributed by atoms with van der Waals surface area (Å²) in [5.74, 6) is 0.122. The van der Waals surface area contributed by atoms with Gasteiger partial charge in [-0.1, -0.05) is 51.1 Å². The molecule has 0 N–H and O–H groups in total. The van der Waals surface area contributed by atoms with Crippen molar-refractivity contribution < 1.29 is 14.3 Å². The summed E-state index contributed by atoms with van der Waals surface area (Å²) in [6, 6.07) is 9.15. The van der Waals surface area contributed by atoms with E-state index in [1.807, 2.05) is 37.3 Å². The lowest BCUT2D eigenvalue weighted by Crippen LogP contribution is -2.44. The molecule has 1 aliphatic rings. The van der Waals surface area contributed by atoms with Gasteiger partial charge in [0.2, 0.25) is 5.91 Å². The second-order valence-corrected chi connectivity index (χ2v) is 6.46. The third-order valence-electron chi connectivity index (χ3n) is 4.07. The number of amides is 1. The van der Waals surface area contributed by atoms with E-state index in [2.05, 4.69) is 13.8 Å². The van der Waals surface area contributed by atoms with E-state index in [-0.39, 0.29) is 24.4 Å². The Morgan fingerprint density at radius 3 is 2.55 bits per heavy atom. The Labute approximate surface area is 132 Å². The van der Waals surface area contributed by atoms with E-state index in [9.17, 15) is 9.59 Å². The van der Waals surface area contributed by atoms with Gasteiger partial charge in [0, 0.05) is 12.5 Å². The molecule has 4 nitrogen and oxygen atoms in total. The highest BCUT2D eigenvalue weighted by molar-refractivity contribution is 5.87. The minimum Gasteiger partial charge on any atom is -0.459 e. The molecular weight excluding hydrogens is 278 g/mol. The van der Waals surface area contributed by atoms with Crippen LogP contribution in [0.1, 0.15) is 39.2 Å². The van der Waals surface area contributed by atoms with Crippen molar-refractivity contribution >= 4 is 11.9 Å². The highest BCUT2D eigenvalue weighted by atomic mass is 16.5. The van der Waals surface area contributed by atoms with Crippen molar-refractivity contribution in [2.24, 2.45) is 11.8 Å². The molecule has 0 unspecified atom stereocenters. The zero-order chi connectivity index (χ0) is 16.1. The lowest BCUT2D eigenvalue weighted by Gasteiger charge is -2.27. The third kappa shape index (κ3) is 4.09. The van der Waals surface area contributed by atoms with Crippen molar-refractivity contribution in [1.29, 1.82) is 0 Å². The average molecular weight is 303 g/mol. The van der Waals surface area contributed by atoms with E-state index >= 15 is 0 Å². The molecule has 1 fully saturated rings. The first-order valence-corrected chi connectivity index (χ1v) is 8.00. The molecule has 1 heterocycles. The average Bonchev–Trinajstić information content (AvgIpc) is 2.83. The van der Waals surface area contributed by atoms with E-state index in [1.165, 1.54) is 0 Å². The van der Waals surface area contributed by atoms with Gasteiger partial charge in [0.1, 0.15) is 12.6 Å². The summed E-state index contributed by atoms with van der Waals surface area (Å²) in [6.07, 6.45) is 1.46. The Kier molecular flexibility index (Phi) is 5.58. The molecule has 22 heavy (non-hydrogen) atoms. The molecule has 1 aliphatic heterocycles. The normalized spacial score (nSPS) is 19.5. The second kappa shape index (κ2) is 7.43. The Morgan fingerprint density at radius 2 is 2.00 bits per heavy atom. The first kappa shape index (κ1) is 16.5. The maximum atomic E-state index is 12.5. The van der Waals surface area contributed by atoms with Crippen LogP contribution in [0.25, 0.3) is 0 Å². The number of hydrogen-bond acceptors (Lipinski definition) is 3. The summed E-state index contributed by atoms with van der Waals surface area (Å²) in [6.45, 7) is 6.94. The van der Waals surface area contributed by atoms with Crippen molar-refractivity contribution in [3.05, 3.63) is 35.9 Å². The molecule has 120 valence electrons. The maximum Gasteiger partial charge on any atom is 0.329 e. The van der Waals surface area contributed by atoms with Crippen LogP contribution in [0.15, 0.2) is 30.3 Å². The Hall–Kier alpha value is -1.84. The fourth-order valence-electron chi connectivity index (χ4n) is 2.78. The molecule has 4 heteroatoms. The number of nitrogens with zero attached hydrogens (tertiary/aromatic N) is 1. The Bertz CT molecular complexity index is 512. The Balaban J connectivity index is 2.02. The largest absolute Gasteiger partial charge is 0.459 e. The molecule has 0 radical (unpaired) electrons. The van der Waals surface area contributed by atoms with Gasteiger partial charge in [0.05, 0.1) is 0 Å². The van der Waals surface area contributed by atoms with Gasteiger partial charge in [-0.2, -0.15) is 0 Å². The number of esters is 1. The Morgan fingerprint density at radius 1 is 1.32 bits per heavy atom. The molecule has 1 amide bonds. The fourth-order valence-corrected chi connectivity index (χ4v) is 2.78. The van der Waals surface area contributed by atoms with E-state index in [4.69, 9.17) is 4.74 Å². The van der Waals surface area contributed by atoms with Gasteiger partial charge in [-0.05, 0) is 24.3 Å². The predicted octanol–water partition coefficient (Wildman–Crippen LogP) is 3.01. The zero-order valence-corrected chi connectivity index (χ0v) is 13.6. The molecule has 0 aliphatic carbocycles. The van der Waals surface area contributed by atoms with Crippen molar-refractivity contribution in [1.82, 2.24) is 4.90 Å². The van der Waals surface area contributed by atoms with E-state index in [1.54, 1.807) is 4.90 Å². The zero-order valence-electron chi connectivity index (χ0n) is 13.6. The summed E-state index contributed by atoms with van der Waals surface area (Å²) in [7, 11) is 0. The molecular formula is C18H25NO3. The lowest BCUT2D eigenvalue weighted by molar-refractivity contribution is -0.156. The molecule has 0 spiro atoms. The smallest absolute Gasteiger partial charge is 0.329 e. The molecule has 1 aromatic carbocycles. The van der Waals surface area contributed by atoms with Crippen LogP contribution in [0, 0.1) is 11.8 Å². The highest BCUT2D eigenvalue weighted by Gasteiger charge is 2.37. The molecule has 0 saturated carbocycles. The van der Waals surface area contributed by atoms with Crippen molar-refractivity contribution in [2.75, 3.05) is 6.54 Å². The second-order valence-electron chi connectivity index (χ2n) is 6.46. The SMILES string of the molecule is CC(C)C[C@@H](C(=O)OCc1ccccc1)N1CC[C@@H](C)C1=O. The number of carbonyl (C=O) groups excluding carboxylic acids is 2. The standard InChI is InChI=1S/C18H25NO3/c1-13(2)11-16(19-10-9-14(3)17(19)20)18(21)22-12-15-7-5-4-6-8-15/h4-8,13-14,16H,9-12H2,1-3H3/t14-,16+/m1/s1. The fraction of sp³-hybridized carbons (Fsp3) is 0.556. The molecule has 0 aromatic heterocycles. The quantitative estimate of drug-likeness (QED) is 0.759. The molecule has 0 bridgehead atoms. The van der Waals surface area contributed by atoms with Gasteiger partial charge < -0.3 is 9.64 Å². The third-order valence-corrected chi connectivity index (χ3v) is 4.07. The maximum absolute atomic E-state index is 12.5. The summed E-state index contributed by atoms with van der Waals surface area (Å²) in [5.41, 5.74) is 0.959. The van der Waals surface area contributed by atoms with Crippen LogP contribution in [-0.2, 0) is 20.9 Å². The predicted molar refractivity (Wildman–Crippen MR) is 85.0 cm³/mol. The van der Waals surface area contributed by atoms with Crippen LogP contribution >= 0.6 is 0 Å². The molecule has 1 aromatic rings. The van der Waals surface area contributed by atoms with Gasteiger partial charge in [0.25, 0.3) is 0 Å². The minimum atomic E-state index is -0.457. The number of hydrogen-bond donors (Lipinski definition) is 0. The van der Waals surface area contributed by atoms with Crippen LogP contribution < -0.4 is 0 Å². The first-order chi connectivity index (χ1) is 10.5. The van der Waals surface area contributed by atoms with E-state index < -0.39 is 6.04 Å². The number of ether oxygens (including phenoxy) is 1. The van der Waals surface area contributed by atoms with Gasteiger partial charge in [-0.3, -0.25) is 4.79 Å². The summed E-state index contributed by atoms with van der Waals surface area (Å²) in [5, 5.41) is 0. The first-order valence-electron chi connectivity index (χ1n) is 8.00. The summed E-state index contributed by atoms with van der Waals surface area (Å²) >= 11 is 0. The van der Waals surface area contributed by atoms with Gasteiger partial charge >= 0.3 is 5.97 Å². The number of rotatable bonds is 6. The monoisotopic (exact) mass is 303 g/mol. The number of likely N-dealkylation sites (tertiary alicyclic amines) is 1. The lowest BCUT2D eigenvalue weighted by atomic mass is 10.0. The van der Waals surface area contributed by atoms with Crippen LogP contribution in [0.3, 0.4) is 0 Å². The highest BCUT2D eigenvalue weighted by Crippen LogP contribution is 2.24. The molecule has 2 rings (SSSR count). The number of benzene rings is 1. The van der Waals surface area contributed by atoms with Crippen molar-refractivity contribution in [3.63, 3.8) is 0 Å². The topological polar surface area (TPSA) is 46.6 Å². The molecule has 2 atom stereocenters. The van der Waals surface area contributed by atoms with Crippen LogP contribution in [-0.4, -0.2) is 29.4 Å². The van der Waals surface area contributed by atoms with Gasteiger partial charge in [-0.25, -0.2) is 4.79 Å². The van der Waals surface area contributed by atoms with E-state index in [0.29, 0.717) is 18.9 Å². The van der Waals surface area contributed by atoms with Crippen LogP contribution in [0.5, 0.6) is 0 Å². The number of carbonyl (C=O) groups is 2. The van der Waals surface area contributed by atoms with Gasteiger partial charge in [-0.15, -0.1) is 0 Å². The molecule has 1 saturated heterocycles. The van der Waals surface area contributed by atoms with Crippen molar-refractivity contribution in [2.45, 2.75) is 46.3 Å².